The molecular weight excluding hydrogens is 447 g/mol. The maximum atomic E-state index is 12.5. The molecule has 0 radical (unpaired) electrons. The summed E-state index contributed by atoms with van der Waals surface area (Å²) in [5.74, 6) is 0.473. The number of carbonyl (C=O) groups is 1. The van der Waals surface area contributed by atoms with Gasteiger partial charge in [-0.2, -0.15) is 4.98 Å². The average Bonchev–Trinajstić information content (AvgIpc) is 2.69. The first-order valence-electron chi connectivity index (χ1n) is 10.2. The number of benzene rings is 1. The molecule has 2 aromatic rings. The van der Waals surface area contributed by atoms with E-state index in [1.54, 1.807) is 0 Å². The second kappa shape index (κ2) is 9.81. The van der Waals surface area contributed by atoms with Crippen molar-refractivity contribution in [2.24, 2.45) is 0 Å². The van der Waals surface area contributed by atoms with Gasteiger partial charge in [0.2, 0.25) is 5.95 Å². The van der Waals surface area contributed by atoms with E-state index in [0.29, 0.717) is 5.95 Å². The van der Waals surface area contributed by atoms with Crippen LogP contribution >= 0.6 is 11.6 Å². The number of hydrogen-bond donors (Lipinski definition) is 2. The molecule has 174 valence electrons. The highest BCUT2D eigenvalue weighted by Gasteiger charge is 2.32. The molecule has 3 rings (SSSR count). The Morgan fingerprint density at radius 1 is 1.12 bits per heavy atom. The van der Waals surface area contributed by atoms with Crippen LogP contribution in [0, 0.1) is 6.92 Å². The summed E-state index contributed by atoms with van der Waals surface area (Å²) in [7, 11) is 3.84. The van der Waals surface area contributed by atoms with Gasteiger partial charge in [0, 0.05) is 43.5 Å². The average molecular weight is 472 g/mol. The van der Waals surface area contributed by atoms with Crippen LogP contribution in [-0.2, 0) is 0 Å². The van der Waals surface area contributed by atoms with Crippen molar-refractivity contribution in [3.8, 4) is 5.75 Å². The number of halogens is 4. The van der Waals surface area contributed by atoms with Crippen molar-refractivity contribution in [3.63, 3.8) is 0 Å². The smallest absolute Gasteiger partial charge is 0.404 e. The van der Waals surface area contributed by atoms with Crippen molar-refractivity contribution in [1.82, 2.24) is 15.3 Å². The maximum Gasteiger partial charge on any atom is 0.573 e. The van der Waals surface area contributed by atoms with Gasteiger partial charge in [-0.25, -0.2) is 4.98 Å². The molecule has 11 heteroatoms. The van der Waals surface area contributed by atoms with Crippen LogP contribution in [0.2, 0.25) is 5.02 Å². The van der Waals surface area contributed by atoms with Crippen molar-refractivity contribution in [2.75, 3.05) is 24.3 Å². The molecule has 0 spiro atoms. The number of anilines is 2. The summed E-state index contributed by atoms with van der Waals surface area (Å²) in [6.45, 7) is 1.92. The van der Waals surface area contributed by atoms with Crippen molar-refractivity contribution in [3.05, 3.63) is 40.5 Å². The molecule has 1 aromatic heterocycles. The predicted molar refractivity (Wildman–Crippen MR) is 116 cm³/mol. The molecule has 0 bridgehead atoms. The lowest BCUT2D eigenvalue weighted by Gasteiger charge is -2.30. The number of carbonyl (C=O) groups excluding carboxylic acids is 1. The second-order valence-electron chi connectivity index (χ2n) is 7.94. The summed E-state index contributed by atoms with van der Waals surface area (Å²) in [5, 5.41) is 6.01. The Kier molecular flexibility index (Phi) is 7.33. The Bertz CT molecular complexity index is 963. The summed E-state index contributed by atoms with van der Waals surface area (Å²) in [6, 6.07) is 5.52. The molecule has 1 amide bonds. The molecule has 0 atom stereocenters. The molecule has 1 saturated carbocycles. The van der Waals surface area contributed by atoms with Crippen LogP contribution < -0.4 is 20.3 Å². The number of nitrogens with zero attached hydrogens (tertiary/aromatic N) is 3. The quantitative estimate of drug-likeness (QED) is 0.643. The Labute approximate surface area is 189 Å². The third-order valence-corrected chi connectivity index (χ3v) is 5.41. The SMILES string of the molecule is Cc1cc(N(C)C)nc(NC2CCC(NC(=O)c3ccc(OC(F)(F)F)c(Cl)c3)CC2)n1. The predicted octanol–water partition coefficient (Wildman–Crippen LogP) is 4.56. The maximum absolute atomic E-state index is 12.5. The molecule has 2 N–H and O–H groups in total. The first kappa shape index (κ1) is 23.9. The molecule has 1 heterocycles. The number of nitrogens with one attached hydrogen (secondary N) is 2. The van der Waals surface area contributed by atoms with Crippen LogP contribution in [0.3, 0.4) is 0 Å². The van der Waals surface area contributed by atoms with E-state index >= 15 is 0 Å². The van der Waals surface area contributed by atoms with Gasteiger partial charge in [-0.15, -0.1) is 13.2 Å². The number of rotatable bonds is 6. The number of aromatic nitrogens is 2. The van der Waals surface area contributed by atoms with Gasteiger partial charge in [0.1, 0.15) is 11.6 Å². The first-order chi connectivity index (χ1) is 15.0. The van der Waals surface area contributed by atoms with Gasteiger partial charge in [-0.05, 0) is 50.8 Å². The minimum atomic E-state index is -4.85. The number of hydrogen-bond acceptors (Lipinski definition) is 6. The number of alkyl halides is 3. The van der Waals surface area contributed by atoms with Crippen LogP contribution in [0.5, 0.6) is 5.75 Å². The van der Waals surface area contributed by atoms with E-state index in [9.17, 15) is 18.0 Å². The van der Waals surface area contributed by atoms with Crippen LogP contribution in [-0.4, -0.2) is 48.4 Å². The highest BCUT2D eigenvalue weighted by molar-refractivity contribution is 6.32. The van der Waals surface area contributed by atoms with Gasteiger partial charge >= 0.3 is 6.36 Å². The molecule has 0 saturated heterocycles. The zero-order chi connectivity index (χ0) is 23.5. The molecule has 1 aliphatic rings. The number of ether oxygens (including phenoxy) is 1. The molecule has 1 aromatic carbocycles. The van der Waals surface area contributed by atoms with Gasteiger partial charge < -0.3 is 20.3 Å². The van der Waals surface area contributed by atoms with E-state index in [1.807, 2.05) is 32.0 Å². The lowest BCUT2D eigenvalue weighted by Crippen LogP contribution is -2.40. The summed E-state index contributed by atoms with van der Waals surface area (Å²) in [5.41, 5.74) is 1.05. The standard InChI is InChI=1S/C21H25ClF3N5O2/c1-12-10-18(30(2)3)29-20(26-12)28-15-7-5-14(6-8-15)27-19(31)13-4-9-17(16(22)11-13)32-21(23,24)25/h4,9-11,14-15H,5-8H2,1-3H3,(H,27,31)(H,26,28,29). The van der Waals surface area contributed by atoms with E-state index in [0.717, 1.165) is 43.3 Å². The molecule has 1 aliphatic carbocycles. The normalized spacial score (nSPS) is 18.7. The van der Waals surface area contributed by atoms with E-state index in [-0.39, 0.29) is 28.6 Å². The van der Waals surface area contributed by atoms with Crippen molar-refractivity contribution < 1.29 is 22.7 Å². The Morgan fingerprint density at radius 3 is 2.38 bits per heavy atom. The van der Waals surface area contributed by atoms with Gasteiger partial charge in [0.25, 0.3) is 5.91 Å². The fraction of sp³-hybridized carbons (Fsp3) is 0.476. The summed E-state index contributed by atoms with van der Waals surface area (Å²) >= 11 is 5.83. The third-order valence-electron chi connectivity index (χ3n) is 5.11. The minimum Gasteiger partial charge on any atom is -0.404 e. The van der Waals surface area contributed by atoms with Crippen LogP contribution in [0.4, 0.5) is 24.9 Å². The zero-order valence-electron chi connectivity index (χ0n) is 18.0. The monoisotopic (exact) mass is 471 g/mol. The molecule has 0 aliphatic heterocycles. The molecule has 1 fully saturated rings. The van der Waals surface area contributed by atoms with Crippen LogP contribution in [0.15, 0.2) is 24.3 Å². The summed E-state index contributed by atoms with van der Waals surface area (Å²) < 4.78 is 40.9. The molecular formula is C21H25ClF3N5O2. The van der Waals surface area contributed by atoms with E-state index in [1.165, 1.54) is 12.1 Å². The van der Waals surface area contributed by atoms with Gasteiger partial charge in [0.05, 0.1) is 5.02 Å². The molecule has 0 unspecified atom stereocenters. The van der Waals surface area contributed by atoms with Gasteiger partial charge in [-0.3, -0.25) is 4.79 Å². The third kappa shape index (κ3) is 6.62. The topological polar surface area (TPSA) is 79.4 Å². The summed E-state index contributed by atoms with van der Waals surface area (Å²) in [6.07, 6.45) is -1.72. The largest absolute Gasteiger partial charge is 0.573 e. The molecule has 7 nitrogen and oxygen atoms in total. The van der Waals surface area contributed by atoms with E-state index < -0.39 is 12.1 Å². The Morgan fingerprint density at radius 2 is 1.78 bits per heavy atom. The van der Waals surface area contributed by atoms with Crippen LogP contribution in [0.25, 0.3) is 0 Å². The second-order valence-corrected chi connectivity index (χ2v) is 8.35. The molecule has 32 heavy (non-hydrogen) atoms. The zero-order valence-corrected chi connectivity index (χ0v) is 18.7. The van der Waals surface area contributed by atoms with E-state index in [2.05, 4.69) is 25.3 Å². The Balaban J connectivity index is 1.53. The van der Waals surface area contributed by atoms with Gasteiger partial charge in [0.15, 0.2) is 0 Å². The highest BCUT2D eigenvalue weighted by atomic mass is 35.5. The van der Waals surface area contributed by atoms with Crippen molar-refractivity contribution in [1.29, 1.82) is 0 Å². The lowest BCUT2D eigenvalue weighted by atomic mass is 9.91. The van der Waals surface area contributed by atoms with E-state index in [4.69, 9.17) is 11.6 Å². The fourth-order valence-corrected chi connectivity index (χ4v) is 3.75. The number of aryl methyl sites for hydroxylation is 1. The number of amides is 1. The Hall–Kier alpha value is -2.75. The lowest BCUT2D eigenvalue weighted by molar-refractivity contribution is -0.274. The van der Waals surface area contributed by atoms with Crippen LogP contribution in [0.1, 0.15) is 41.7 Å². The summed E-state index contributed by atoms with van der Waals surface area (Å²) in [4.78, 5) is 23.4. The fourth-order valence-electron chi connectivity index (χ4n) is 3.53. The highest BCUT2D eigenvalue weighted by Crippen LogP contribution is 2.31. The van der Waals surface area contributed by atoms with Gasteiger partial charge in [-0.1, -0.05) is 11.6 Å². The first-order valence-corrected chi connectivity index (χ1v) is 10.5. The van der Waals surface area contributed by atoms with Crippen molar-refractivity contribution in [2.45, 2.75) is 51.1 Å². The van der Waals surface area contributed by atoms with Crippen molar-refractivity contribution >= 4 is 29.3 Å². The minimum absolute atomic E-state index is 0.0406.